The summed E-state index contributed by atoms with van der Waals surface area (Å²) in [4.78, 5) is 28.3. The van der Waals surface area contributed by atoms with Crippen LogP contribution in [0.15, 0.2) is 60.0 Å². The number of amides is 1. The van der Waals surface area contributed by atoms with Crippen molar-refractivity contribution in [3.8, 4) is 10.6 Å². The predicted octanol–water partition coefficient (Wildman–Crippen LogP) is 3.72. The third-order valence-corrected chi connectivity index (χ3v) is 4.95. The number of benzene rings is 2. The Labute approximate surface area is 155 Å². The van der Waals surface area contributed by atoms with E-state index in [1.165, 1.54) is 11.3 Å². The standard InChI is InChI=1S/C20H18N2O3S/c1-13-7-5-6-10-15(13)19-22-17(12-26-19)18(23)21-11-16(20(24)25)14-8-3-2-4-9-14/h2-10,12,16H,11H2,1H3,(H,21,23)(H,24,25). The first-order valence-electron chi connectivity index (χ1n) is 8.13. The number of carbonyl (C=O) groups is 2. The number of rotatable bonds is 6. The molecule has 2 aromatic carbocycles. The summed E-state index contributed by atoms with van der Waals surface area (Å²) in [6.45, 7) is 2.00. The Morgan fingerprint density at radius 1 is 1.12 bits per heavy atom. The molecule has 0 fully saturated rings. The van der Waals surface area contributed by atoms with Crippen LogP contribution >= 0.6 is 11.3 Å². The minimum Gasteiger partial charge on any atom is -0.481 e. The summed E-state index contributed by atoms with van der Waals surface area (Å²) in [5, 5.41) is 14.6. The van der Waals surface area contributed by atoms with Crippen LogP contribution < -0.4 is 5.32 Å². The van der Waals surface area contributed by atoms with Crippen molar-refractivity contribution in [1.29, 1.82) is 0 Å². The Hall–Kier alpha value is -2.99. The van der Waals surface area contributed by atoms with Gasteiger partial charge in [-0.05, 0) is 18.1 Å². The number of hydrogen-bond donors (Lipinski definition) is 2. The van der Waals surface area contributed by atoms with E-state index in [2.05, 4.69) is 10.3 Å². The molecule has 0 saturated carbocycles. The van der Waals surface area contributed by atoms with Gasteiger partial charge >= 0.3 is 5.97 Å². The maximum absolute atomic E-state index is 12.4. The Balaban J connectivity index is 1.71. The van der Waals surface area contributed by atoms with Crippen molar-refractivity contribution in [2.45, 2.75) is 12.8 Å². The van der Waals surface area contributed by atoms with Crippen LogP contribution in [0, 0.1) is 6.92 Å². The first-order chi connectivity index (χ1) is 12.6. The van der Waals surface area contributed by atoms with Crippen LogP contribution in [0.2, 0.25) is 0 Å². The van der Waals surface area contributed by atoms with Gasteiger partial charge in [-0.2, -0.15) is 0 Å². The number of carboxylic acid groups (broad SMARTS) is 1. The lowest BCUT2D eigenvalue weighted by Crippen LogP contribution is -2.31. The zero-order chi connectivity index (χ0) is 18.5. The van der Waals surface area contributed by atoms with Gasteiger partial charge in [0, 0.05) is 17.5 Å². The van der Waals surface area contributed by atoms with Gasteiger partial charge in [-0.25, -0.2) is 4.98 Å². The van der Waals surface area contributed by atoms with Crippen LogP contribution in [0.4, 0.5) is 0 Å². The number of aromatic nitrogens is 1. The van der Waals surface area contributed by atoms with Crippen LogP contribution in [-0.4, -0.2) is 28.5 Å². The van der Waals surface area contributed by atoms with E-state index in [1.807, 2.05) is 37.3 Å². The molecule has 0 aliphatic heterocycles. The maximum atomic E-state index is 12.4. The lowest BCUT2D eigenvalue weighted by molar-refractivity contribution is -0.138. The number of aryl methyl sites for hydroxylation is 1. The molecule has 0 aliphatic rings. The fourth-order valence-electron chi connectivity index (χ4n) is 2.63. The molecule has 0 bridgehead atoms. The molecule has 1 heterocycles. The number of nitrogens with one attached hydrogen (secondary N) is 1. The molecule has 0 saturated heterocycles. The van der Waals surface area contributed by atoms with Gasteiger partial charge in [-0.15, -0.1) is 11.3 Å². The maximum Gasteiger partial charge on any atom is 0.312 e. The van der Waals surface area contributed by atoms with Gasteiger partial charge in [0.05, 0.1) is 5.92 Å². The van der Waals surface area contributed by atoms with Crippen molar-refractivity contribution in [2.24, 2.45) is 0 Å². The zero-order valence-electron chi connectivity index (χ0n) is 14.2. The molecule has 1 aromatic heterocycles. The molecule has 6 heteroatoms. The van der Waals surface area contributed by atoms with Crippen LogP contribution in [0.25, 0.3) is 10.6 Å². The minimum atomic E-state index is -0.977. The van der Waals surface area contributed by atoms with Crippen LogP contribution in [0.3, 0.4) is 0 Å². The van der Waals surface area contributed by atoms with E-state index in [1.54, 1.807) is 29.6 Å². The summed E-state index contributed by atoms with van der Waals surface area (Å²) in [6, 6.07) is 16.7. The molecule has 0 aliphatic carbocycles. The van der Waals surface area contributed by atoms with Crippen LogP contribution in [0.5, 0.6) is 0 Å². The molecular formula is C20H18N2O3S. The second-order valence-electron chi connectivity index (χ2n) is 5.86. The Morgan fingerprint density at radius 3 is 2.50 bits per heavy atom. The van der Waals surface area contributed by atoms with Gasteiger partial charge < -0.3 is 10.4 Å². The van der Waals surface area contributed by atoms with E-state index < -0.39 is 11.9 Å². The lowest BCUT2D eigenvalue weighted by Gasteiger charge is -2.13. The molecule has 132 valence electrons. The highest BCUT2D eigenvalue weighted by Crippen LogP contribution is 2.26. The topological polar surface area (TPSA) is 79.3 Å². The van der Waals surface area contributed by atoms with Crippen molar-refractivity contribution < 1.29 is 14.7 Å². The van der Waals surface area contributed by atoms with Gasteiger partial charge in [0.25, 0.3) is 5.91 Å². The molecule has 3 aromatic rings. The number of nitrogens with zero attached hydrogens (tertiary/aromatic N) is 1. The van der Waals surface area contributed by atoms with Gasteiger partial charge in [0.1, 0.15) is 10.7 Å². The quantitative estimate of drug-likeness (QED) is 0.697. The fraction of sp³-hybridized carbons (Fsp3) is 0.150. The Kier molecular flexibility index (Phi) is 5.43. The summed E-state index contributed by atoms with van der Waals surface area (Å²) in [5.74, 6) is -2.15. The van der Waals surface area contributed by atoms with Gasteiger partial charge in [0.2, 0.25) is 0 Å². The monoisotopic (exact) mass is 366 g/mol. The number of aliphatic carboxylic acids is 1. The van der Waals surface area contributed by atoms with Crippen molar-refractivity contribution in [1.82, 2.24) is 10.3 Å². The molecule has 1 atom stereocenters. The largest absolute Gasteiger partial charge is 0.481 e. The number of thiazole rings is 1. The van der Waals surface area contributed by atoms with E-state index in [9.17, 15) is 14.7 Å². The fourth-order valence-corrected chi connectivity index (χ4v) is 3.52. The summed E-state index contributed by atoms with van der Waals surface area (Å²) in [5.41, 5.74) is 3.03. The molecule has 5 nitrogen and oxygen atoms in total. The van der Waals surface area contributed by atoms with Crippen molar-refractivity contribution >= 4 is 23.2 Å². The van der Waals surface area contributed by atoms with Crippen LogP contribution in [-0.2, 0) is 4.79 Å². The highest BCUT2D eigenvalue weighted by atomic mass is 32.1. The summed E-state index contributed by atoms with van der Waals surface area (Å²) in [7, 11) is 0. The highest BCUT2D eigenvalue weighted by molar-refractivity contribution is 7.13. The molecule has 2 N–H and O–H groups in total. The number of hydrogen-bond acceptors (Lipinski definition) is 4. The van der Waals surface area contributed by atoms with E-state index in [0.717, 1.165) is 16.1 Å². The first kappa shape index (κ1) is 17.8. The van der Waals surface area contributed by atoms with Crippen molar-refractivity contribution in [2.75, 3.05) is 6.54 Å². The van der Waals surface area contributed by atoms with E-state index >= 15 is 0 Å². The zero-order valence-corrected chi connectivity index (χ0v) is 15.0. The Bertz CT molecular complexity index is 922. The third-order valence-electron chi connectivity index (χ3n) is 4.08. The smallest absolute Gasteiger partial charge is 0.312 e. The highest BCUT2D eigenvalue weighted by Gasteiger charge is 2.21. The average molecular weight is 366 g/mol. The van der Waals surface area contributed by atoms with E-state index in [4.69, 9.17) is 0 Å². The van der Waals surface area contributed by atoms with Gasteiger partial charge in [0.15, 0.2) is 0 Å². The SMILES string of the molecule is Cc1ccccc1-c1nc(C(=O)NCC(C(=O)O)c2ccccc2)cs1. The summed E-state index contributed by atoms with van der Waals surface area (Å²) >= 11 is 1.39. The first-order valence-corrected chi connectivity index (χ1v) is 9.01. The molecule has 0 radical (unpaired) electrons. The number of carboxylic acids is 1. The second kappa shape index (κ2) is 7.93. The molecule has 1 unspecified atom stereocenters. The van der Waals surface area contributed by atoms with E-state index in [0.29, 0.717) is 11.3 Å². The van der Waals surface area contributed by atoms with Crippen molar-refractivity contribution in [3.05, 3.63) is 76.8 Å². The summed E-state index contributed by atoms with van der Waals surface area (Å²) in [6.07, 6.45) is 0. The van der Waals surface area contributed by atoms with Crippen LogP contribution in [0.1, 0.15) is 27.5 Å². The normalized spacial score (nSPS) is 11.7. The predicted molar refractivity (Wildman–Crippen MR) is 101 cm³/mol. The molecular weight excluding hydrogens is 348 g/mol. The second-order valence-corrected chi connectivity index (χ2v) is 6.72. The lowest BCUT2D eigenvalue weighted by atomic mass is 9.99. The van der Waals surface area contributed by atoms with Gasteiger partial charge in [-0.3, -0.25) is 9.59 Å². The molecule has 0 spiro atoms. The third kappa shape index (κ3) is 3.97. The van der Waals surface area contributed by atoms with Crippen molar-refractivity contribution in [3.63, 3.8) is 0 Å². The Morgan fingerprint density at radius 2 is 1.81 bits per heavy atom. The average Bonchev–Trinajstić information content (AvgIpc) is 3.13. The number of carbonyl (C=O) groups excluding carboxylic acids is 1. The molecule has 26 heavy (non-hydrogen) atoms. The summed E-state index contributed by atoms with van der Waals surface area (Å²) < 4.78 is 0. The molecule has 3 rings (SSSR count). The minimum absolute atomic E-state index is 0.00933. The van der Waals surface area contributed by atoms with Gasteiger partial charge in [-0.1, -0.05) is 54.6 Å². The van der Waals surface area contributed by atoms with E-state index in [-0.39, 0.29) is 12.5 Å². The molecule has 1 amide bonds.